The van der Waals surface area contributed by atoms with Gasteiger partial charge in [-0.1, -0.05) is 36.4 Å². The maximum absolute atomic E-state index is 10.2. The predicted molar refractivity (Wildman–Crippen MR) is 74.6 cm³/mol. The van der Waals surface area contributed by atoms with Gasteiger partial charge in [-0.2, -0.15) is 0 Å². The molecule has 0 amide bonds. The van der Waals surface area contributed by atoms with E-state index in [1.807, 2.05) is 37.3 Å². The maximum Gasteiger partial charge on any atom is 0.109 e. The van der Waals surface area contributed by atoms with Crippen LogP contribution < -0.4 is 0 Å². The summed E-state index contributed by atoms with van der Waals surface area (Å²) in [5.74, 6) is 0. The number of fused-ring (bicyclic) bond motifs is 2. The van der Waals surface area contributed by atoms with Crippen molar-refractivity contribution in [2.24, 2.45) is 0 Å². The molecule has 0 radical (unpaired) electrons. The van der Waals surface area contributed by atoms with E-state index in [1.54, 1.807) is 6.08 Å². The van der Waals surface area contributed by atoms with Crippen LogP contribution in [-0.2, 0) is 6.61 Å². The van der Waals surface area contributed by atoms with Crippen LogP contribution in [0.3, 0.4) is 0 Å². The lowest BCUT2D eigenvalue weighted by atomic mass is 9.83. The molecule has 19 heavy (non-hydrogen) atoms. The van der Waals surface area contributed by atoms with Gasteiger partial charge in [-0.15, -0.1) is 0 Å². The van der Waals surface area contributed by atoms with Gasteiger partial charge in [0.2, 0.25) is 0 Å². The van der Waals surface area contributed by atoms with Crippen LogP contribution >= 0.6 is 0 Å². The Morgan fingerprint density at radius 2 is 1.79 bits per heavy atom. The van der Waals surface area contributed by atoms with E-state index in [0.717, 1.165) is 21.9 Å². The van der Waals surface area contributed by atoms with E-state index < -0.39 is 12.2 Å². The van der Waals surface area contributed by atoms with Gasteiger partial charge in [0, 0.05) is 0 Å². The van der Waals surface area contributed by atoms with Crippen LogP contribution in [0, 0.1) is 6.92 Å². The zero-order chi connectivity index (χ0) is 13.6. The van der Waals surface area contributed by atoms with Gasteiger partial charge in [0.25, 0.3) is 0 Å². The monoisotopic (exact) mass is 256 g/mol. The molecule has 2 atom stereocenters. The molecular formula is C16H16O3. The summed E-state index contributed by atoms with van der Waals surface area (Å²) >= 11 is 0. The van der Waals surface area contributed by atoms with Gasteiger partial charge in [-0.25, -0.2) is 0 Å². The Kier molecular flexibility index (Phi) is 2.90. The second-order valence-electron chi connectivity index (χ2n) is 4.93. The number of rotatable bonds is 1. The number of hydrogen-bond donors (Lipinski definition) is 3. The van der Waals surface area contributed by atoms with E-state index in [0.29, 0.717) is 11.1 Å². The summed E-state index contributed by atoms with van der Waals surface area (Å²) < 4.78 is 0. The van der Waals surface area contributed by atoms with Crippen molar-refractivity contribution in [3.8, 4) is 0 Å². The van der Waals surface area contributed by atoms with Crippen LogP contribution in [0.2, 0.25) is 0 Å². The molecule has 0 heterocycles. The van der Waals surface area contributed by atoms with Crippen molar-refractivity contribution in [1.29, 1.82) is 0 Å². The Labute approximate surface area is 111 Å². The minimum absolute atomic E-state index is 0.152. The summed E-state index contributed by atoms with van der Waals surface area (Å²) in [6.45, 7) is 1.85. The van der Waals surface area contributed by atoms with Crippen molar-refractivity contribution in [2.75, 3.05) is 0 Å². The molecule has 98 valence electrons. The summed E-state index contributed by atoms with van der Waals surface area (Å²) in [5.41, 5.74) is 3.31. The number of aliphatic hydroxyl groups excluding tert-OH is 3. The second-order valence-corrected chi connectivity index (χ2v) is 4.93. The molecule has 0 spiro atoms. The van der Waals surface area contributed by atoms with E-state index in [9.17, 15) is 15.3 Å². The van der Waals surface area contributed by atoms with Crippen molar-refractivity contribution in [1.82, 2.24) is 0 Å². The highest BCUT2D eigenvalue weighted by Gasteiger charge is 2.27. The highest BCUT2D eigenvalue weighted by Crippen LogP contribution is 2.38. The van der Waals surface area contributed by atoms with Crippen molar-refractivity contribution in [3.63, 3.8) is 0 Å². The third kappa shape index (κ3) is 1.70. The lowest BCUT2D eigenvalue weighted by molar-refractivity contribution is 0.0457. The van der Waals surface area contributed by atoms with E-state index in [2.05, 4.69) is 0 Å². The number of aryl methyl sites for hydroxylation is 1. The van der Waals surface area contributed by atoms with Gasteiger partial charge in [0.05, 0.1) is 6.61 Å². The molecule has 3 rings (SSSR count). The summed E-state index contributed by atoms with van der Waals surface area (Å²) in [6, 6.07) is 7.82. The maximum atomic E-state index is 10.2. The zero-order valence-electron chi connectivity index (χ0n) is 10.7. The van der Waals surface area contributed by atoms with Crippen LogP contribution in [0.1, 0.15) is 28.4 Å². The summed E-state index contributed by atoms with van der Waals surface area (Å²) in [7, 11) is 0. The van der Waals surface area contributed by atoms with Gasteiger partial charge in [-0.05, 0) is 39.9 Å². The first-order valence-electron chi connectivity index (χ1n) is 6.34. The molecule has 0 saturated heterocycles. The normalized spacial score (nSPS) is 21.7. The fourth-order valence-electron chi connectivity index (χ4n) is 2.92. The summed E-state index contributed by atoms with van der Waals surface area (Å²) in [5, 5.41) is 31.7. The van der Waals surface area contributed by atoms with Crippen molar-refractivity contribution in [2.45, 2.75) is 25.7 Å². The SMILES string of the molecule is Cc1c2c(c(CO)c3ccccc13)[C@@H](O)[C@H](O)C=C2. The predicted octanol–water partition coefficient (Wildman–Crippen LogP) is 2.06. The van der Waals surface area contributed by atoms with Crippen molar-refractivity contribution < 1.29 is 15.3 Å². The molecule has 2 aromatic rings. The van der Waals surface area contributed by atoms with Crippen LogP contribution in [0.15, 0.2) is 30.3 Å². The first kappa shape index (κ1) is 12.4. The highest BCUT2D eigenvalue weighted by molar-refractivity contribution is 5.93. The molecule has 3 heteroatoms. The molecular weight excluding hydrogens is 240 g/mol. The fraction of sp³-hybridized carbons (Fsp3) is 0.250. The highest BCUT2D eigenvalue weighted by atomic mass is 16.3. The van der Waals surface area contributed by atoms with Crippen LogP contribution in [0.25, 0.3) is 16.8 Å². The zero-order valence-corrected chi connectivity index (χ0v) is 10.7. The van der Waals surface area contributed by atoms with Gasteiger partial charge in [0.1, 0.15) is 12.2 Å². The minimum atomic E-state index is -0.981. The van der Waals surface area contributed by atoms with E-state index >= 15 is 0 Å². The minimum Gasteiger partial charge on any atom is -0.392 e. The molecule has 0 bridgehead atoms. The van der Waals surface area contributed by atoms with Crippen LogP contribution in [0.5, 0.6) is 0 Å². The van der Waals surface area contributed by atoms with E-state index in [1.165, 1.54) is 0 Å². The first-order chi connectivity index (χ1) is 9.15. The fourth-order valence-corrected chi connectivity index (χ4v) is 2.92. The largest absolute Gasteiger partial charge is 0.392 e. The molecule has 1 aliphatic carbocycles. The average molecular weight is 256 g/mol. The topological polar surface area (TPSA) is 60.7 Å². The third-order valence-electron chi connectivity index (χ3n) is 3.91. The molecule has 0 aliphatic heterocycles. The lowest BCUT2D eigenvalue weighted by Crippen LogP contribution is -2.22. The van der Waals surface area contributed by atoms with Gasteiger partial charge >= 0.3 is 0 Å². The Bertz CT molecular complexity index is 673. The smallest absolute Gasteiger partial charge is 0.109 e. The molecule has 3 nitrogen and oxygen atoms in total. The molecule has 2 aromatic carbocycles. The molecule has 0 saturated carbocycles. The quantitative estimate of drug-likeness (QED) is 0.732. The molecule has 1 aliphatic rings. The Balaban J connectivity index is 2.46. The summed E-state index contributed by atoms with van der Waals surface area (Å²) in [6.07, 6.45) is 1.52. The van der Waals surface area contributed by atoms with Gasteiger partial charge < -0.3 is 15.3 Å². The summed E-state index contributed by atoms with van der Waals surface area (Å²) in [4.78, 5) is 0. The van der Waals surface area contributed by atoms with E-state index in [4.69, 9.17) is 0 Å². The van der Waals surface area contributed by atoms with Crippen molar-refractivity contribution in [3.05, 3.63) is 52.6 Å². The Hall–Kier alpha value is -1.68. The van der Waals surface area contributed by atoms with Crippen LogP contribution in [-0.4, -0.2) is 21.4 Å². The van der Waals surface area contributed by atoms with Crippen molar-refractivity contribution >= 4 is 16.8 Å². The van der Waals surface area contributed by atoms with Gasteiger partial charge in [0.15, 0.2) is 0 Å². The van der Waals surface area contributed by atoms with E-state index in [-0.39, 0.29) is 6.61 Å². The van der Waals surface area contributed by atoms with Crippen LogP contribution in [0.4, 0.5) is 0 Å². The lowest BCUT2D eigenvalue weighted by Gasteiger charge is -2.27. The molecule has 0 unspecified atom stereocenters. The molecule has 3 N–H and O–H groups in total. The Morgan fingerprint density at radius 1 is 1.11 bits per heavy atom. The average Bonchev–Trinajstić information content (AvgIpc) is 2.44. The Morgan fingerprint density at radius 3 is 2.47 bits per heavy atom. The third-order valence-corrected chi connectivity index (χ3v) is 3.91. The first-order valence-corrected chi connectivity index (χ1v) is 6.34. The number of benzene rings is 2. The molecule has 0 aromatic heterocycles. The number of aliphatic hydroxyl groups is 3. The standard InChI is InChI=1S/C16H16O3/c1-9-10-4-2-3-5-12(10)13(8-17)15-11(9)6-7-14(18)16(15)19/h2-7,14,16-19H,8H2,1H3/t14-,16+/m1/s1. The van der Waals surface area contributed by atoms with Gasteiger partial charge in [-0.3, -0.25) is 0 Å². The number of hydrogen-bond acceptors (Lipinski definition) is 3. The second kappa shape index (κ2) is 4.46. The molecule has 0 fully saturated rings.